The van der Waals surface area contributed by atoms with E-state index in [0.717, 1.165) is 37.4 Å². The quantitative estimate of drug-likeness (QED) is 0.591. The number of nitrogens with zero attached hydrogens (tertiary/aromatic N) is 2. The molecule has 1 aromatic heterocycles. The Kier molecular flexibility index (Phi) is 8.21. The van der Waals surface area contributed by atoms with Crippen molar-refractivity contribution in [2.45, 2.75) is 76.8 Å². The molecule has 1 saturated carbocycles. The first-order valence-corrected chi connectivity index (χ1v) is 12.4. The summed E-state index contributed by atoms with van der Waals surface area (Å²) < 4.78 is 5.25. The van der Waals surface area contributed by atoms with Crippen molar-refractivity contribution in [1.29, 1.82) is 0 Å². The van der Waals surface area contributed by atoms with E-state index in [1.54, 1.807) is 7.11 Å². The van der Waals surface area contributed by atoms with Gasteiger partial charge in [-0.25, -0.2) is 0 Å². The van der Waals surface area contributed by atoms with Gasteiger partial charge in [-0.2, -0.15) is 5.10 Å². The van der Waals surface area contributed by atoms with Crippen LogP contribution in [0.3, 0.4) is 0 Å². The maximum atomic E-state index is 12.4. The number of nitrogens with one attached hydrogen (secondary N) is 2. The minimum atomic E-state index is 0.138. The lowest BCUT2D eigenvalue weighted by atomic mass is 9.85. The topological polar surface area (TPSA) is 70.2 Å². The second-order valence-electron chi connectivity index (χ2n) is 9.55. The highest BCUT2D eigenvalue weighted by Crippen LogP contribution is 2.34. The number of carbonyl (C=O) groups excluding carboxylic acids is 1. The number of rotatable bonds is 9. The highest BCUT2D eigenvalue weighted by atomic mass is 16.5. The number of amides is 1. The summed E-state index contributed by atoms with van der Waals surface area (Å²) in [6.45, 7) is 3.77. The third-order valence-electron chi connectivity index (χ3n) is 7.17. The van der Waals surface area contributed by atoms with Gasteiger partial charge in [-0.1, -0.05) is 31.4 Å². The molecule has 2 aromatic rings. The molecular weight excluding hydrogens is 400 g/mol. The number of methoxy groups -OCH3 is 1. The Labute approximate surface area is 192 Å². The van der Waals surface area contributed by atoms with Crippen molar-refractivity contribution < 1.29 is 9.53 Å². The van der Waals surface area contributed by atoms with Crippen LogP contribution in [-0.2, 0) is 17.9 Å². The van der Waals surface area contributed by atoms with Crippen LogP contribution in [0.5, 0.6) is 5.75 Å². The maximum Gasteiger partial charge on any atom is 0.220 e. The van der Waals surface area contributed by atoms with Gasteiger partial charge in [0.1, 0.15) is 5.75 Å². The van der Waals surface area contributed by atoms with Crippen LogP contribution in [0.4, 0.5) is 0 Å². The van der Waals surface area contributed by atoms with Gasteiger partial charge in [-0.05, 0) is 62.3 Å². The van der Waals surface area contributed by atoms with E-state index in [1.807, 2.05) is 30.5 Å². The number of likely N-dealkylation sites (tertiary alicyclic amines) is 1. The molecule has 6 heteroatoms. The van der Waals surface area contributed by atoms with Crippen molar-refractivity contribution in [3.63, 3.8) is 0 Å². The number of hydrogen-bond donors (Lipinski definition) is 2. The van der Waals surface area contributed by atoms with Gasteiger partial charge < -0.3 is 10.1 Å². The lowest BCUT2D eigenvalue weighted by Gasteiger charge is -2.33. The Hall–Kier alpha value is -2.34. The average Bonchev–Trinajstić information content (AvgIpc) is 3.30. The number of ether oxygens (including phenoxy) is 1. The van der Waals surface area contributed by atoms with Gasteiger partial charge in [-0.3, -0.25) is 14.8 Å². The normalized spacial score (nSPS) is 20.2. The van der Waals surface area contributed by atoms with Crippen LogP contribution in [0, 0.1) is 5.92 Å². The smallest absolute Gasteiger partial charge is 0.220 e. The maximum absolute atomic E-state index is 12.4. The lowest BCUT2D eigenvalue weighted by molar-refractivity contribution is -0.121. The number of piperidine rings is 1. The van der Waals surface area contributed by atoms with Crippen molar-refractivity contribution in [1.82, 2.24) is 20.4 Å². The largest absolute Gasteiger partial charge is 0.497 e. The molecular formula is C26H38N4O2. The van der Waals surface area contributed by atoms with Crippen molar-refractivity contribution in [2.75, 3.05) is 20.2 Å². The fraction of sp³-hybridized carbons (Fsp3) is 0.615. The van der Waals surface area contributed by atoms with Gasteiger partial charge >= 0.3 is 0 Å². The molecule has 4 rings (SSSR count). The van der Waals surface area contributed by atoms with Gasteiger partial charge in [0.05, 0.1) is 13.3 Å². The van der Waals surface area contributed by atoms with Gasteiger partial charge in [0.15, 0.2) is 0 Å². The molecule has 2 aliphatic rings. The van der Waals surface area contributed by atoms with Crippen LogP contribution in [0.1, 0.15) is 80.5 Å². The van der Waals surface area contributed by atoms with E-state index in [4.69, 9.17) is 4.74 Å². The summed E-state index contributed by atoms with van der Waals surface area (Å²) in [5.41, 5.74) is 3.83. The second-order valence-corrected chi connectivity index (χ2v) is 9.55. The Bertz CT molecular complexity index is 859. The first kappa shape index (κ1) is 22.8. The SMILES string of the molecule is COc1cccc(CNC(=O)CC[C@H]2CCCN(Cc3cn[nH]c3C3CCCCC3)C2)c1. The summed E-state index contributed by atoms with van der Waals surface area (Å²) in [5, 5.41) is 10.8. The summed E-state index contributed by atoms with van der Waals surface area (Å²) in [6, 6.07) is 7.86. The molecule has 2 N–H and O–H groups in total. The molecule has 1 aliphatic heterocycles. The van der Waals surface area contributed by atoms with Crippen LogP contribution in [-0.4, -0.2) is 41.2 Å². The van der Waals surface area contributed by atoms with E-state index in [2.05, 4.69) is 20.4 Å². The third kappa shape index (κ3) is 6.35. The van der Waals surface area contributed by atoms with E-state index in [1.165, 1.54) is 56.2 Å². The minimum Gasteiger partial charge on any atom is -0.497 e. The van der Waals surface area contributed by atoms with Gasteiger partial charge in [0.25, 0.3) is 0 Å². The fourth-order valence-corrected chi connectivity index (χ4v) is 5.37. The molecule has 2 heterocycles. The number of aromatic amines is 1. The lowest BCUT2D eigenvalue weighted by Crippen LogP contribution is -2.35. The fourth-order valence-electron chi connectivity index (χ4n) is 5.37. The molecule has 1 saturated heterocycles. The molecule has 0 unspecified atom stereocenters. The van der Waals surface area contributed by atoms with Crippen molar-refractivity contribution in [3.05, 3.63) is 47.3 Å². The Morgan fingerprint density at radius 3 is 2.94 bits per heavy atom. The number of benzene rings is 1. The third-order valence-corrected chi connectivity index (χ3v) is 7.17. The standard InChI is InChI=1S/C26H38N4O2/c1-32-24-11-5-7-21(15-24)16-27-25(31)13-12-20-8-6-14-30(18-20)19-23-17-28-29-26(23)22-9-3-2-4-10-22/h5,7,11,15,17,20,22H,2-4,6,8-10,12-14,16,18-19H2,1H3,(H,27,31)(H,28,29)/t20-/m1/s1. The van der Waals surface area contributed by atoms with Crippen LogP contribution in [0.2, 0.25) is 0 Å². The molecule has 1 amide bonds. The van der Waals surface area contributed by atoms with E-state index in [-0.39, 0.29) is 5.91 Å². The van der Waals surface area contributed by atoms with Crippen molar-refractivity contribution >= 4 is 5.91 Å². The van der Waals surface area contributed by atoms with Gasteiger partial charge in [-0.15, -0.1) is 0 Å². The minimum absolute atomic E-state index is 0.138. The predicted molar refractivity (Wildman–Crippen MR) is 126 cm³/mol. The van der Waals surface area contributed by atoms with Crippen LogP contribution < -0.4 is 10.1 Å². The number of hydrogen-bond acceptors (Lipinski definition) is 4. The van der Waals surface area contributed by atoms with Crippen LogP contribution in [0.25, 0.3) is 0 Å². The number of carbonyl (C=O) groups is 1. The molecule has 2 fully saturated rings. The molecule has 6 nitrogen and oxygen atoms in total. The zero-order chi connectivity index (χ0) is 22.2. The Morgan fingerprint density at radius 1 is 1.22 bits per heavy atom. The molecule has 1 aliphatic carbocycles. The van der Waals surface area contributed by atoms with Crippen molar-refractivity contribution in [3.8, 4) is 5.75 Å². The van der Waals surface area contributed by atoms with E-state index >= 15 is 0 Å². The Balaban J connectivity index is 1.21. The summed E-state index contributed by atoms with van der Waals surface area (Å²) >= 11 is 0. The molecule has 0 bridgehead atoms. The molecule has 1 aromatic carbocycles. The monoisotopic (exact) mass is 438 g/mol. The summed E-state index contributed by atoms with van der Waals surface area (Å²) in [7, 11) is 1.66. The predicted octanol–water partition coefficient (Wildman–Crippen LogP) is 4.77. The van der Waals surface area contributed by atoms with E-state index < -0.39 is 0 Å². The van der Waals surface area contributed by atoms with Gasteiger partial charge in [0.2, 0.25) is 5.91 Å². The number of H-pyrrole nitrogens is 1. The zero-order valence-electron chi connectivity index (χ0n) is 19.4. The summed E-state index contributed by atoms with van der Waals surface area (Å²) in [4.78, 5) is 15.0. The second kappa shape index (κ2) is 11.5. The van der Waals surface area contributed by atoms with Crippen LogP contribution >= 0.6 is 0 Å². The molecule has 0 spiro atoms. The molecule has 0 radical (unpaired) electrons. The highest BCUT2D eigenvalue weighted by Gasteiger charge is 2.24. The average molecular weight is 439 g/mol. The van der Waals surface area contributed by atoms with Crippen molar-refractivity contribution in [2.24, 2.45) is 5.92 Å². The molecule has 32 heavy (non-hydrogen) atoms. The molecule has 174 valence electrons. The van der Waals surface area contributed by atoms with Crippen LogP contribution in [0.15, 0.2) is 30.5 Å². The summed E-state index contributed by atoms with van der Waals surface area (Å²) in [6.07, 6.45) is 12.7. The molecule has 1 atom stereocenters. The first-order chi connectivity index (χ1) is 15.7. The van der Waals surface area contributed by atoms with E-state index in [0.29, 0.717) is 24.8 Å². The zero-order valence-corrected chi connectivity index (χ0v) is 19.4. The highest BCUT2D eigenvalue weighted by molar-refractivity contribution is 5.75. The number of aromatic nitrogens is 2. The van der Waals surface area contributed by atoms with Gasteiger partial charge in [0, 0.05) is 43.2 Å². The first-order valence-electron chi connectivity index (χ1n) is 12.4. The summed E-state index contributed by atoms with van der Waals surface area (Å²) in [5.74, 6) is 2.22. The Morgan fingerprint density at radius 2 is 2.09 bits per heavy atom. The van der Waals surface area contributed by atoms with E-state index in [9.17, 15) is 4.79 Å².